The van der Waals surface area contributed by atoms with E-state index in [0.717, 1.165) is 38.9 Å². The van der Waals surface area contributed by atoms with Gasteiger partial charge in [0.1, 0.15) is 0 Å². The molecule has 0 radical (unpaired) electrons. The van der Waals surface area contributed by atoms with E-state index < -0.39 is 0 Å². The smallest absolute Gasteiger partial charge is 0.222 e. The lowest BCUT2D eigenvalue weighted by Gasteiger charge is -2.25. The summed E-state index contributed by atoms with van der Waals surface area (Å²) in [6, 6.07) is 8.90. The molecule has 21 heavy (non-hydrogen) atoms. The first kappa shape index (κ1) is 16.0. The van der Waals surface area contributed by atoms with Crippen molar-refractivity contribution in [3.05, 3.63) is 35.4 Å². The third-order valence-corrected chi connectivity index (χ3v) is 4.40. The number of likely N-dealkylation sites (tertiary alicyclic amines) is 1. The van der Waals surface area contributed by atoms with E-state index in [1.807, 2.05) is 4.90 Å². The Hall–Kier alpha value is -1.35. The molecule has 1 heterocycles. The molecule has 2 atom stereocenters. The Morgan fingerprint density at radius 2 is 2.00 bits per heavy atom. The van der Waals surface area contributed by atoms with Crippen LogP contribution in [0.25, 0.3) is 0 Å². The molecule has 1 saturated heterocycles. The van der Waals surface area contributed by atoms with Gasteiger partial charge in [0.15, 0.2) is 0 Å². The highest BCUT2D eigenvalue weighted by Gasteiger charge is 2.30. The Morgan fingerprint density at radius 1 is 1.29 bits per heavy atom. The minimum Gasteiger partial charge on any atom is -0.340 e. The van der Waals surface area contributed by atoms with Gasteiger partial charge in [0.05, 0.1) is 0 Å². The van der Waals surface area contributed by atoms with Gasteiger partial charge in [0.2, 0.25) is 5.91 Å². The largest absolute Gasteiger partial charge is 0.340 e. The van der Waals surface area contributed by atoms with Crippen molar-refractivity contribution >= 4 is 5.91 Å². The minimum absolute atomic E-state index is 0.241. The highest BCUT2D eigenvalue weighted by atomic mass is 16.2. The maximum Gasteiger partial charge on any atom is 0.222 e. The number of benzene rings is 1. The molecule has 1 aliphatic heterocycles. The van der Waals surface area contributed by atoms with Gasteiger partial charge in [-0.1, -0.05) is 50.1 Å². The summed E-state index contributed by atoms with van der Waals surface area (Å²) in [7, 11) is 0. The maximum atomic E-state index is 12.1. The topological polar surface area (TPSA) is 32.3 Å². The van der Waals surface area contributed by atoms with Crippen molar-refractivity contribution in [1.29, 1.82) is 0 Å². The zero-order valence-electron chi connectivity index (χ0n) is 13.6. The molecule has 2 rings (SSSR count). The van der Waals surface area contributed by atoms with Crippen LogP contribution in [0.15, 0.2) is 24.3 Å². The SMILES string of the molecule is CCCNC(CN1CC(CC)CC1=O)c1ccc(C)cc1. The zero-order valence-corrected chi connectivity index (χ0v) is 13.6. The highest BCUT2D eigenvalue weighted by Crippen LogP contribution is 2.24. The lowest BCUT2D eigenvalue weighted by atomic mass is 10.0. The van der Waals surface area contributed by atoms with Crippen LogP contribution < -0.4 is 5.32 Å². The lowest BCUT2D eigenvalue weighted by molar-refractivity contribution is -0.128. The standard InChI is InChI=1S/C18H28N2O/c1-4-10-19-17(16-8-6-14(3)7-9-16)13-20-12-15(5-2)11-18(20)21/h6-9,15,17,19H,4-5,10-13H2,1-3H3. The van der Waals surface area contributed by atoms with Gasteiger partial charge in [0.25, 0.3) is 0 Å². The first-order valence-corrected chi connectivity index (χ1v) is 8.21. The first-order valence-electron chi connectivity index (χ1n) is 8.21. The zero-order chi connectivity index (χ0) is 15.2. The summed E-state index contributed by atoms with van der Waals surface area (Å²) in [4.78, 5) is 14.2. The number of nitrogens with zero attached hydrogens (tertiary/aromatic N) is 1. The summed E-state index contributed by atoms with van der Waals surface area (Å²) in [5, 5.41) is 3.59. The molecule has 0 aromatic heterocycles. The van der Waals surface area contributed by atoms with Crippen LogP contribution in [0.5, 0.6) is 0 Å². The molecule has 0 saturated carbocycles. The van der Waals surface area contributed by atoms with Crippen molar-refractivity contribution in [2.45, 2.75) is 46.1 Å². The van der Waals surface area contributed by atoms with Crippen molar-refractivity contribution < 1.29 is 4.79 Å². The summed E-state index contributed by atoms with van der Waals surface area (Å²) in [6.45, 7) is 9.15. The summed E-state index contributed by atoms with van der Waals surface area (Å²) >= 11 is 0. The molecule has 1 fully saturated rings. The molecule has 0 spiro atoms. The predicted octanol–water partition coefficient (Wildman–Crippen LogP) is 3.29. The Balaban J connectivity index is 2.06. The number of hydrogen-bond donors (Lipinski definition) is 1. The van der Waals surface area contributed by atoms with Crippen molar-refractivity contribution in [2.24, 2.45) is 5.92 Å². The van der Waals surface area contributed by atoms with Gasteiger partial charge in [0, 0.05) is 25.6 Å². The molecule has 1 aliphatic rings. The first-order chi connectivity index (χ1) is 10.1. The molecule has 3 heteroatoms. The van der Waals surface area contributed by atoms with Crippen molar-refractivity contribution in [3.8, 4) is 0 Å². The summed E-state index contributed by atoms with van der Waals surface area (Å²) in [5.41, 5.74) is 2.55. The van der Waals surface area contributed by atoms with E-state index in [0.29, 0.717) is 11.8 Å². The van der Waals surface area contributed by atoms with Crippen molar-refractivity contribution in [1.82, 2.24) is 10.2 Å². The number of carbonyl (C=O) groups excluding carboxylic acids is 1. The second-order valence-corrected chi connectivity index (χ2v) is 6.19. The number of aryl methyl sites for hydroxylation is 1. The van der Waals surface area contributed by atoms with Crippen molar-refractivity contribution in [3.63, 3.8) is 0 Å². The number of carbonyl (C=O) groups is 1. The Bertz CT molecular complexity index is 455. The fourth-order valence-electron chi connectivity index (χ4n) is 2.93. The monoisotopic (exact) mass is 288 g/mol. The molecule has 0 aliphatic carbocycles. The van der Waals surface area contributed by atoms with E-state index in [9.17, 15) is 4.79 Å². The van der Waals surface area contributed by atoms with E-state index in [1.54, 1.807) is 0 Å². The maximum absolute atomic E-state index is 12.1. The van der Waals surface area contributed by atoms with E-state index in [2.05, 4.69) is 50.4 Å². The molecule has 1 aromatic rings. The number of hydrogen-bond acceptors (Lipinski definition) is 2. The van der Waals surface area contributed by atoms with Gasteiger partial charge in [-0.25, -0.2) is 0 Å². The van der Waals surface area contributed by atoms with Gasteiger partial charge in [-0.15, -0.1) is 0 Å². The second kappa shape index (κ2) is 7.60. The highest BCUT2D eigenvalue weighted by molar-refractivity contribution is 5.78. The van der Waals surface area contributed by atoms with E-state index in [1.165, 1.54) is 11.1 Å². The van der Waals surface area contributed by atoms with E-state index in [4.69, 9.17) is 0 Å². The molecule has 3 nitrogen and oxygen atoms in total. The number of nitrogens with one attached hydrogen (secondary N) is 1. The van der Waals surface area contributed by atoms with E-state index in [-0.39, 0.29) is 6.04 Å². The molecule has 2 unspecified atom stereocenters. The third-order valence-electron chi connectivity index (χ3n) is 4.40. The van der Waals surface area contributed by atoms with Crippen LogP contribution >= 0.6 is 0 Å². The number of rotatable bonds is 7. The minimum atomic E-state index is 0.241. The summed E-state index contributed by atoms with van der Waals surface area (Å²) in [5.74, 6) is 0.861. The van der Waals surface area contributed by atoms with Gasteiger partial charge in [-0.3, -0.25) is 4.79 Å². The van der Waals surface area contributed by atoms with Crippen molar-refractivity contribution in [2.75, 3.05) is 19.6 Å². The van der Waals surface area contributed by atoms with Gasteiger partial charge >= 0.3 is 0 Å². The van der Waals surface area contributed by atoms with Gasteiger partial charge in [-0.05, 0) is 31.4 Å². The Kier molecular flexibility index (Phi) is 5.80. The van der Waals surface area contributed by atoms with Crippen LogP contribution in [0.1, 0.15) is 50.3 Å². The predicted molar refractivity (Wildman–Crippen MR) is 87.2 cm³/mol. The van der Waals surface area contributed by atoms with Crippen LogP contribution in [0.4, 0.5) is 0 Å². The third kappa shape index (κ3) is 4.31. The Morgan fingerprint density at radius 3 is 2.57 bits per heavy atom. The Labute approximate surface area is 128 Å². The van der Waals surface area contributed by atoms with Crippen LogP contribution in [0.3, 0.4) is 0 Å². The molecule has 1 amide bonds. The average Bonchev–Trinajstić information content (AvgIpc) is 2.85. The molecular weight excluding hydrogens is 260 g/mol. The molecule has 0 bridgehead atoms. The summed E-state index contributed by atoms with van der Waals surface area (Å²) in [6.07, 6.45) is 2.93. The lowest BCUT2D eigenvalue weighted by Crippen LogP contribution is -2.36. The fraction of sp³-hybridized carbons (Fsp3) is 0.611. The van der Waals surface area contributed by atoms with Gasteiger partial charge < -0.3 is 10.2 Å². The summed E-state index contributed by atoms with van der Waals surface area (Å²) < 4.78 is 0. The number of amides is 1. The fourth-order valence-corrected chi connectivity index (χ4v) is 2.93. The molecule has 1 aromatic carbocycles. The quantitative estimate of drug-likeness (QED) is 0.835. The second-order valence-electron chi connectivity index (χ2n) is 6.19. The normalized spacial score (nSPS) is 20.0. The van der Waals surface area contributed by atoms with Gasteiger partial charge in [-0.2, -0.15) is 0 Å². The molecule has 1 N–H and O–H groups in total. The molecular formula is C18H28N2O. The average molecular weight is 288 g/mol. The van der Waals surface area contributed by atoms with Crippen LogP contribution in [-0.2, 0) is 4.79 Å². The molecule has 116 valence electrons. The van der Waals surface area contributed by atoms with Crippen LogP contribution in [0.2, 0.25) is 0 Å². The van der Waals surface area contributed by atoms with Crippen LogP contribution in [0, 0.1) is 12.8 Å². The van der Waals surface area contributed by atoms with Crippen LogP contribution in [-0.4, -0.2) is 30.4 Å². The van der Waals surface area contributed by atoms with E-state index >= 15 is 0 Å².